The quantitative estimate of drug-likeness (QED) is 0.280. The van der Waals surface area contributed by atoms with Crippen LogP contribution in [0.15, 0.2) is 12.8 Å². The van der Waals surface area contributed by atoms with Crippen molar-refractivity contribution in [2.24, 2.45) is 0 Å². The smallest absolute Gasteiger partial charge is 1.00 e. The van der Waals surface area contributed by atoms with E-state index in [2.05, 4.69) is 16.4 Å². The number of phosphoric ester groups is 1. The Balaban J connectivity index is -0.000000170. The third-order valence-electron chi connectivity index (χ3n) is 1.11. The van der Waals surface area contributed by atoms with E-state index >= 15 is 0 Å². The molecule has 3 N–H and O–H groups in total. The second kappa shape index (κ2) is 9.05. The third kappa shape index (κ3) is 12.8. The maximum Gasteiger partial charge on any atom is 1.00 e. The fourth-order valence-electron chi connectivity index (χ4n) is 0.662. The number of rotatable bonds is 2. The monoisotopic (exact) mass is 249 g/mol. The Morgan fingerprint density at radius 1 is 1.64 bits per heavy atom. The number of nitrogens with one attached hydrogen (secondary N) is 1. The topological polar surface area (TPSA) is 95.9 Å². The van der Waals surface area contributed by atoms with Crippen molar-refractivity contribution in [3.63, 3.8) is 0 Å². The van der Waals surface area contributed by atoms with Gasteiger partial charge in [-0.3, -0.25) is 14.6 Å². The molecule has 0 aliphatic carbocycles. The molecule has 0 bridgehead atoms. The Bertz CT molecular complexity index is 226. The minimum absolute atomic E-state index is 0. The van der Waals surface area contributed by atoms with E-state index in [1.54, 1.807) is 0 Å². The second-order valence-corrected chi connectivity index (χ2v) is 3.41. The maximum atomic E-state index is 10.1. The van der Waals surface area contributed by atoms with Crippen molar-refractivity contribution < 1.29 is 76.5 Å². The van der Waals surface area contributed by atoms with E-state index in [0.717, 1.165) is 19.4 Å². The summed E-state index contributed by atoms with van der Waals surface area (Å²) in [5.41, 5.74) is 0. The van der Waals surface area contributed by atoms with E-state index < -0.39 is 7.82 Å². The van der Waals surface area contributed by atoms with Crippen LogP contribution in [-0.2, 0) is 13.9 Å². The van der Waals surface area contributed by atoms with Crippen molar-refractivity contribution in [3.05, 3.63) is 12.8 Å². The molecule has 1 fully saturated rings. The molecule has 1 aliphatic rings. The third-order valence-corrected chi connectivity index (χ3v) is 1.54. The Morgan fingerprint density at radius 3 is 2.29 bits per heavy atom. The molecule has 6 nitrogen and oxygen atoms in total. The first-order valence-electron chi connectivity index (χ1n) is 3.57. The van der Waals surface area contributed by atoms with Gasteiger partial charge in [-0.1, -0.05) is 6.58 Å². The van der Waals surface area contributed by atoms with Gasteiger partial charge >= 0.3 is 59.2 Å². The molecule has 0 unspecified atom stereocenters. The molecule has 0 aromatic rings. The van der Waals surface area contributed by atoms with Crippen molar-refractivity contribution in [2.45, 2.75) is 12.8 Å². The van der Waals surface area contributed by atoms with Gasteiger partial charge in [-0.05, 0) is 6.42 Å². The predicted octanol–water partition coefficient (Wildman–Crippen LogP) is -2.75. The van der Waals surface area contributed by atoms with Gasteiger partial charge < -0.3 is 11.3 Å². The SMILES string of the molecule is C=COP(=O)(O)O.O=C1CCCN1.[H-].[K+]. The fraction of sp³-hybridized carbons (Fsp3) is 0.500. The first-order valence-corrected chi connectivity index (χ1v) is 5.10. The standard InChI is InChI=1S/C4H7NO.C2H5O4P.K.H/c6-4-2-1-3-5-4;1-2-6-7(3,4)5;;/h1-3H2,(H,5,6);2H,1H2,(H2,3,4,5);;/q;;+1;-1. The minimum atomic E-state index is -4.28. The Hall–Kier alpha value is 0.796. The number of carbonyl (C=O) groups excluding carboxylic acids is 1. The summed E-state index contributed by atoms with van der Waals surface area (Å²) in [6, 6.07) is 0. The molecule has 8 heteroatoms. The zero-order chi connectivity index (χ0) is 10.3. The summed E-state index contributed by atoms with van der Waals surface area (Å²) in [4.78, 5) is 25.8. The molecule has 0 spiro atoms. The number of hydrogen-bond donors (Lipinski definition) is 3. The average Bonchev–Trinajstić information content (AvgIpc) is 2.38. The summed E-state index contributed by atoms with van der Waals surface area (Å²) >= 11 is 0. The first-order chi connectivity index (χ1) is 5.95. The van der Waals surface area contributed by atoms with Gasteiger partial charge in [-0.25, -0.2) is 4.57 Å². The maximum absolute atomic E-state index is 10.1. The van der Waals surface area contributed by atoms with Crippen LogP contribution >= 0.6 is 7.82 Å². The van der Waals surface area contributed by atoms with E-state index in [4.69, 9.17) is 9.79 Å². The van der Waals surface area contributed by atoms with Gasteiger partial charge in [0, 0.05) is 13.0 Å². The minimum Gasteiger partial charge on any atom is -1.00 e. The van der Waals surface area contributed by atoms with E-state index in [1.165, 1.54) is 0 Å². The van der Waals surface area contributed by atoms with Crippen LogP contribution in [0.2, 0.25) is 0 Å². The van der Waals surface area contributed by atoms with Gasteiger partial charge in [0.05, 0.1) is 6.26 Å². The van der Waals surface area contributed by atoms with Gasteiger partial charge in [-0.2, -0.15) is 0 Å². The number of carbonyl (C=O) groups is 1. The van der Waals surface area contributed by atoms with E-state index in [1.807, 2.05) is 0 Å². The van der Waals surface area contributed by atoms with Gasteiger partial charge in [0.15, 0.2) is 0 Å². The molecule has 14 heavy (non-hydrogen) atoms. The molecular weight excluding hydrogens is 236 g/mol. The van der Waals surface area contributed by atoms with Crippen LogP contribution in [0, 0.1) is 0 Å². The summed E-state index contributed by atoms with van der Waals surface area (Å²) in [6.07, 6.45) is 2.46. The van der Waals surface area contributed by atoms with Gasteiger partial charge in [0.2, 0.25) is 5.91 Å². The normalized spacial score (nSPS) is 14.3. The molecule has 0 radical (unpaired) electrons. The Kier molecular flexibility index (Phi) is 11.1. The van der Waals surface area contributed by atoms with Crippen molar-refractivity contribution in [3.8, 4) is 0 Å². The molecular formula is C6H13KNO5P. The summed E-state index contributed by atoms with van der Waals surface area (Å²) in [5.74, 6) is 0.204. The molecule has 1 heterocycles. The van der Waals surface area contributed by atoms with Crippen molar-refractivity contribution in [2.75, 3.05) is 6.54 Å². The van der Waals surface area contributed by atoms with Crippen LogP contribution in [0.4, 0.5) is 0 Å². The van der Waals surface area contributed by atoms with Crippen molar-refractivity contribution >= 4 is 13.7 Å². The summed E-state index contributed by atoms with van der Waals surface area (Å²) in [5, 5.41) is 2.68. The molecule has 0 saturated carbocycles. The molecule has 0 aromatic heterocycles. The Labute approximate surface area is 126 Å². The molecule has 0 aromatic carbocycles. The molecule has 0 atom stereocenters. The van der Waals surface area contributed by atoms with E-state index in [-0.39, 0.29) is 58.7 Å². The molecule has 78 valence electrons. The molecule has 1 saturated heterocycles. The average molecular weight is 249 g/mol. The van der Waals surface area contributed by atoms with Crippen LogP contribution in [0.5, 0.6) is 0 Å². The summed E-state index contributed by atoms with van der Waals surface area (Å²) in [7, 11) is -4.28. The van der Waals surface area contributed by atoms with Gasteiger partial charge in [0.25, 0.3) is 0 Å². The van der Waals surface area contributed by atoms with Crippen LogP contribution < -0.4 is 56.7 Å². The zero-order valence-electron chi connectivity index (χ0n) is 8.97. The van der Waals surface area contributed by atoms with Gasteiger partial charge in [-0.15, -0.1) is 0 Å². The second-order valence-electron chi connectivity index (χ2n) is 2.22. The number of phosphoric acid groups is 1. The number of hydrogen-bond acceptors (Lipinski definition) is 3. The van der Waals surface area contributed by atoms with Crippen LogP contribution in [0.3, 0.4) is 0 Å². The Morgan fingerprint density at radius 2 is 2.21 bits per heavy atom. The van der Waals surface area contributed by atoms with Gasteiger partial charge in [0.1, 0.15) is 0 Å². The largest absolute Gasteiger partial charge is 1.00 e. The molecule has 1 amide bonds. The summed E-state index contributed by atoms with van der Waals surface area (Å²) in [6.45, 7) is 3.82. The fourth-order valence-corrected chi connectivity index (χ4v) is 0.856. The van der Waals surface area contributed by atoms with Crippen LogP contribution in [0.25, 0.3) is 0 Å². The number of amides is 1. The van der Waals surface area contributed by atoms with Crippen molar-refractivity contribution in [1.82, 2.24) is 5.32 Å². The van der Waals surface area contributed by atoms with E-state index in [9.17, 15) is 9.36 Å². The van der Waals surface area contributed by atoms with Crippen LogP contribution in [0.1, 0.15) is 14.3 Å². The predicted molar refractivity (Wildman–Crippen MR) is 46.7 cm³/mol. The first kappa shape index (κ1) is 17.2. The van der Waals surface area contributed by atoms with Crippen molar-refractivity contribution in [1.29, 1.82) is 0 Å². The molecule has 1 rings (SSSR count). The zero-order valence-corrected chi connectivity index (χ0v) is 12.0. The van der Waals surface area contributed by atoms with E-state index in [0.29, 0.717) is 6.26 Å². The van der Waals surface area contributed by atoms with Crippen LogP contribution in [-0.4, -0.2) is 22.2 Å². The summed E-state index contributed by atoms with van der Waals surface area (Å²) < 4.78 is 13.3. The molecule has 1 aliphatic heterocycles.